The maximum Gasteiger partial charge on any atom is 0.341 e. The van der Waals surface area contributed by atoms with E-state index in [0.717, 1.165) is 36.1 Å². The van der Waals surface area contributed by atoms with E-state index in [9.17, 15) is 14.4 Å². The number of amides is 1. The third kappa shape index (κ3) is 4.75. The van der Waals surface area contributed by atoms with Crippen molar-refractivity contribution in [2.75, 3.05) is 18.5 Å². The summed E-state index contributed by atoms with van der Waals surface area (Å²) in [5, 5.41) is 6.82. The molecule has 0 atom stereocenters. The van der Waals surface area contributed by atoms with Crippen molar-refractivity contribution in [1.29, 1.82) is 0 Å². The van der Waals surface area contributed by atoms with Gasteiger partial charge >= 0.3 is 11.9 Å². The van der Waals surface area contributed by atoms with Crippen LogP contribution in [0.4, 0.5) is 5.00 Å². The number of hydrogen-bond acceptors (Lipinski definition) is 7. The van der Waals surface area contributed by atoms with Gasteiger partial charge in [0.1, 0.15) is 10.6 Å². The minimum atomic E-state index is -0.486. The lowest BCUT2D eigenvalue weighted by Crippen LogP contribution is -2.24. The molecule has 0 aliphatic heterocycles. The molecule has 3 rings (SSSR count). The molecule has 8 heteroatoms. The van der Waals surface area contributed by atoms with Gasteiger partial charge in [0, 0.05) is 15.8 Å². The molecule has 6 nitrogen and oxygen atoms in total. The summed E-state index contributed by atoms with van der Waals surface area (Å²) in [7, 11) is 0. The molecule has 27 heavy (non-hydrogen) atoms. The number of hydrogen-bond donors (Lipinski definition) is 1. The Morgan fingerprint density at radius 1 is 1.19 bits per heavy atom. The third-order valence-corrected chi connectivity index (χ3v) is 6.14. The van der Waals surface area contributed by atoms with Crippen LogP contribution in [-0.4, -0.2) is 31.1 Å². The molecule has 0 radical (unpaired) electrons. The van der Waals surface area contributed by atoms with E-state index in [-0.39, 0.29) is 25.1 Å². The van der Waals surface area contributed by atoms with Crippen LogP contribution in [0, 0.1) is 5.92 Å². The van der Waals surface area contributed by atoms with Gasteiger partial charge in [-0.2, -0.15) is 0 Å². The molecule has 1 aliphatic carbocycles. The summed E-state index contributed by atoms with van der Waals surface area (Å²) < 4.78 is 10.3. The highest BCUT2D eigenvalue weighted by Gasteiger charge is 2.26. The first kappa shape index (κ1) is 19.6. The molecule has 144 valence electrons. The Morgan fingerprint density at radius 2 is 1.96 bits per heavy atom. The zero-order valence-corrected chi connectivity index (χ0v) is 16.6. The molecule has 2 aromatic heterocycles. The molecule has 0 saturated heterocycles. The lowest BCUT2D eigenvalue weighted by atomic mass is 10.1. The maximum absolute atomic E-state index is 12.4. The summed E-state index contributed by atoms with van der Waals surface area (Å²) in [6.07, 6.45) is 3.69. The Morgan fingerprint density at radius 3 is 2.63 bits per heavy atom. The van der Waals surface area contributed by atoms with Gasteiger partial charge in [0.15, 0.2) is 6.61 Å². The predicted octanol–water partition coefficient (Wildman–Crippen LogP) is 4.33. The van der Waals surface area contributed by atoms with E-state index in [2.05, 4.69) is 5.32 Å². The number of ether oxygens (including phenoxy) is 2. The van der Waals surface area contributed by atoms with Crippen molar-refractivity contribution in [3.05, 3.63) is 28.5 Å². The maximum atomic E-state index is 12.4. The third-order valence-electron chi connectivity index (χ3n) is 4.34. The molecule has 0 unspecified atom stereocenters. The summed E-state index contributed by atoms with van der Waals surface area (Å²) in [4.78, 5) is 37.5. The second-order valence-electron chi connectivity index (χ2n) is 6.19. The van der Waals surface area contributed by atoms with E-state index >= 15 is 0 Å². The monoisotopic (exact) mass is 407 g/mol. The standard InChI is InChI=1S/C19H21NO5S2/c1-2-24-19(23)16-13(14-8-5-9-26-14)11-27-17(16)20-15(21)10-25-18(22)12-6-3-4-7-12/h5,8-9,11-12H,2-4,6-7,10H2,1H3,(H,20,21). The van der Waals surface area contributed by atoms with E-state index in [4.69, 9.17) is 9.47 Å². The molecular formula is C19H21NO5S2. The fourth-order valence-electron chi connectivity index (χ4n) is 3.05. The van der Waals surface area contributed by atoms with Crippen molar-refractivity contribution < 1.29 is 23.9 Å². The Labute approximate surface area is 165 Å². The first-order chi connectivity index (χ1) is 13.1. The number of carbonyl (C=O) groups excluding carboxylic acids is 3. The van der Waals surface area contributed by atoms with Crippen LogP contribution < -0.4 is 5.32 Å². The molecule has 1 saturated carbocycles. The summed E-state index contributed by atoms with van der Waals surface area (Å²) >= 11 is 2.75. The van der Waals surface area contributed by atoms with Gasteiger partial charge in [-0.3, -0.25) is 9.59 Å². The number of thiophene rings is 2. The first-order valence-corrected chi connectivity index (χ1v) is 10.6. The molecule has 2 aromatic rings. The molecular weight excluding hydrogens is 386 g/mol. The first-order valence-electron chi connectivity index (χ1n) is 8.89. The van der Waals surface area contributed by atoms with Crippen molar-refractivity contribution in [2.24, 2.45) is 5.92 Å². The smallest absolute Gasteiger partial charge is 0.341 e. The predicted molar refractivity (Wildman–Crippen MR) is 105 cm³/mol. The minimum Gasteiger partial charge on any atom is -0.462 e. The van der Waals surface area contributed by atoms with Crippen molar-refractivity contribution in [2.45, 2.75) is 32.6 Å². The SMILES string of the molecule is CCOC(=O)c1c(-c2cccs2)csc1NC(=O)COC(=O)C1CCCC1. The zero-order chi connectivity index (χ0) is 19.2. The Hall–Kier alpha value is -2.19. The summed E-state index contributed by atoms with van der Waals surface area (Å²) in [6.45, 7) is 1.62. The molecule has 1 N–H and O–H groups in total. The lowest BCUT2D eigenvalue weighted by molar-refractivity contribution is -0.151. The van der Waals surface area contributed by atoms with Crippen LogP contribution in [0.2, 0.25) is 0 Å². The van der Waals surface area contributed by atoms with E-state index in [1.165, 1.54) is 22.7 Å². The highest BCUT2D eigenvalue weighted by molar-refractivity contribution is 7.17. The van der Waals surface area contributed by atoms with Gasteiger partial charge in [-0.05, 0) is 31.2 Å². The fraction of sp³-hybridized carbons (Fsp3) is 0.421. The van der Waals surface area contributed by atoms with E-state index in [0.29, 0.717) is 10.6 Å². The van der Waals surface area contributed by atoms with Gasteiger partial charge in [-0.25, -0.2) is 4.79 Å². The molecule has 1 fully saturated rings. The molecule has 1 amide bonds. The average Bonchev–Trinajstić information content (AvgIpc) is 3.40. The number of nitrogens with one attached hydrogen (secondary N) is 1. The molecule has 2 heterocycles. The highest BCUT2D eigenvalue weighted by Crippen LogP contribution is 2.38. The Bertz CT molecular complexity index is 806. The van der Waals surface area contributed by atoms with Crippen molar-refractivity contribution in [3.8, 4) is 10.4 Å². The van der Waals surface area contributed by atoms with Crippen molar-refractivity contribution in [3.63, 3.8) is 0 Å². The molecule has 0 spiro atoms. The highest BCUT2D eigenvalue weighted by atomic mass is 32.1. The summed E-state index contributed by atoms with van der Waals surface area (Å²) in [5.41, 5.74) is 1.06. The summed E-state index contributed by atoms with van der Waals surface area (Å²) in [5.74, 6) is -1.37. The van der Waals surface area contributed by atoms with Crippen LogP contribution in [0.5, 0.6) is 0 Å². The van der Waals surface area contributed by atoms with Crippen LogP contribution in [0.1, 0.15) is 43.0 Å². The topological polar surface area (TPSA) is 81.7 Å². The van der Waals surface area contributed by atoms with Crippen LogP contribution >= 0.6 is 22.7 Å². The van der Waals surface area contributed by atoms with Gasteiger partial charge in [-0.15, -0.1) is 22.7 Å². The van der Waals surface area contributed by atoms with E-state index < -0.39 is 11.9 Å². The van der Waals surface area contributed by atoms with Gasteiger partial charge in [0.2, 0.25) is 0 Å². The quantitative estimate of drug-likeness (QED) is 0.691. The second-order valence-corrected chi connectivity index (χ2v) is 8.02. The lowest BCUT2D eigenvalue weighted by Gasteiger charge is -2.10. The van der Waals surface area contributed by atoms with E-state index in [1.54, 1.807) is 6.92 Å². The average molecular weight is 408 g/mol. The van der Waals surface area contributed by atoms with Crippen molar-refractivity contribution in [1.82, 2.24) is 0 Å². The number of carbonyl (C=O) groups is 3. The van der Waals surface area contributed by atoms with Crippen LogP contribution in [-0.2, 0) is 19.1 Å². The Kier molecular flexibility index (Phi) is 6.63. The molecule has 0 aromatic carbocycles. The van der Waals surface area contributed by atoms with E-state index in [1.807, 2.05) is 22.9 Å². The number of anilines is 1. The number of esters is 2. The van der Waals surface area contributed by atoms with Gasteiger partial charge < -0.3 is 14.8 Å². The molecule has 0 bridgehead atoms. The van der Waals surface area contributed by atoms with Gasteiger partial charge in [-0.1, -0.05) is 18.9 Å². The van der Waals surface area contributed by atoms with Crippen LogP contribution in [0.3, 0.4) is 0 Å². The minimum absolute atomic E-state index is 0.0972. The van der Waals surface area contributed by atoms with Crippen LogP contribution in [0.25, 0.3) is 10.4 Å². The summed E-state index contributed by atoms with van der Waals surface area (Å²) in [6, 6.07) is 3.80. The zero-order valence-electron chi connectivity index (χ0n) is 15.0. The van der Waals surface area contributed by atoms with Crippen molar-refractivity contribution >= 4 is 45.5 Å². The Balaban J connectivity index is 1.69. The van der Waals surface area contributed by atoms with Gasteiger partial charge in [0.05, 0.1) is 12.5 Å². The second kappa shape index (κ2) is 9.14. The normalized spacial score (nSPS) is 14.1. The van der Waals surface area contributed by atoms with Crippen LogP contribution in [0.15, 0.2) is 22.9 Å². The van der Waals surface area contributed by atoms with Gasteiger partial charge in [0.25, 0.3) is 5.91 Å². The molecule has 1 aliphatic rings. The fourth-order valence-corrected chi connectivity index (χ4v) is 4.84. The number of rotatable bonds is 7. The largest absolute Gasteiger partial charge is 0.462 e.